The van der Waals surface area contributed by atoms with Crippen LogP contribution in [0.4, 0.5) is 0 Å². The van der Waals surface area contributed by atoms with E-state index in [0.717, 1.165) is 0 Å². The maximum Gasteiger partial charge on any atom is 0.202 e. The molecule has 0 heterocycles. The van der Waals surface area contributed by atoms with E-state index < -0.39 is 9.84 Å². The molecule has 1 rings (SSSR count). The fourth-order valence-corrected chi connectivity index (χ4v) is 2.25. The van der Waals surface area contributed by atoms with Crippen LogP contribution in [0.3, 0.4) is 0 Å². The van der Waals surface area contributed by atoms with Crippen molar-refractivity contribution in [3.8, 4) is 0 Å². The van der Waals surface area contributed by atoms with Gasteiger partial charge in [-0.15, -0.1) is 0 Å². The van der Waals surface area contributed by atoms with Gasteiger partial charge in [0, 0.05) is 4.91 Å². The van der Waals surface area contributed by atoms with E-state index in [0.29, 0.717) is 9.80 Å². The van der Waals surface area contributed by atoms with Gasteiger partial charge in [-0.05, 0) is 32.1 Å². The van der Waals surface area contributed by atoms with E-state index in [-0.39, 0.29) is 0 Å². The van der Waals surface area contributed by atoms with Gasteiger partial charge in [0.25, 0.3) is 0 Å². The Bertz CT molecular complexity index is 468. The van der Waals surface area contributed by atoms with Gasteiger partial charge in [-0.1, -0.05) is 30.4 Å². The summed E-state index contributed by atoms with van der Waals surface area (Å²) in [6.45, 7) is 3.45. The SMILES string of the molecule is C/C=C/C=C(\C)S(=O)(=O)c1ccccc1. The molecule has 0 unspecified atom stereocenters. The smallest absolute Gasteiger partial charge is 0.202 e. The average Bonchev–Trinajstić information content (AvgIpc) is 2.27. The first-order valence-corrected chi connectivity index (χ1v) is 6.17. The third-order valence-electron chi connectivity index (χ3n) is 2.00. The van der Waals surface area contributed by atoms with Crippen molar-refractivity contribution in [2.75, 3.05) is 0 Å². The number of sulfone groups is 1. The molecule has 2 nitrogen and oxygen atoms in total. The normalized spacial score (nSPS) is 13.3. The standard InChI is InChI=1S/C12H14O2S/c1-3-4-8-11(2)15(13,14)12-9-6-5-7-10-12/h3-10H,1-2H3/b4-3+,11-8+. The number of allylic oxidation sites excluding steroid dienone is 4. The van der Waals surface area contributed by atoms with Crippen molar-refractivity contribution in [2.45, 2.75) is 18.7 Å². The van der Waals surface area contributed by atoms with Gasteiger partial charge in [0.15, 0.2) is 0 Å². The molecule has 1 aromatic carbocycles. The molecule has 0 atom stereocenters. The Morgan fingerprint density at radius 2 is 1.80 bits per heavy atom. The van der Waals surface area contributed by atoms with Crippen LogP contribution in [0.15, 0.2) is 58.4 Å². The first-order valence-electron chi connectivity index (χ1n) is 4.68. The summed E-state index contributed by atoms with van der Waals surface area (Å²) in [4.78, 5) is 0.690. The van der Waals surface area contributed by atoms with Crippen LogP contribution in [0.5, 0.6) is 0 Å². The molecule has 15 heavy (non-hydrogen) atoms. The molecule has 3 heteroatoms. The Hall–Kier alpha value is -1.35. The van der Waals surface area contributed by atoms with E-state index >= 15 is 0 Å². The average molecular weight is 222 g/mol. The summed E-state index contributed by atoms with van der Waals surface area (Å²) in [5.74, 6) is 0. The van der Waals surface area contributed by atoms with E-state index in [1.165, 1.54) is 0 Å². The predicted molar refractivity (Wildman–Crippen MR) is 62.2 cm³/mol. The second-order valence-electron chi connectivity index (χ2n) is 3.12. The van der Waals surface area contributed by atoms with Crippen LogP contribution in [0, 0.1) is 0 Å². The molecule has 0 bridgehead atoms. The highest BCUT2D eigenvalue weighted by molar-refractivity contribution is 7.95. The molecule has 0 N–H and O–H groups in total. The summed E-state index contributed by atoms with van der Waals surface area (Å²) in [5, 5.41) is 0. The molecule has 0 saturated carbocycles. The molecule has 0 aliphatic carbocycles. The quantitative estimate of drug-likeness (QED) is 0.737. The molecule has 0 fully saturated rings. The minimum Gasteiger partial charge on any atom is -0.219 e. The lowest BCUT2D eigenvalue weighted by Gasteiger charge is -2.02. The van der Waals surface area contributed by atoms with E-state index in [9.17, 15) is 8.42 Å². The monoisotopic (exact) mass is 222 g/mol. The van der Waals surface area contributed by atoms with Crippen molar-refractivity contribution in [3.05, 3.63) is 53.5 Å². The third kappa shape index (κ3) is 2.80. The zero-order valence-electron chi connectivity index (χ0n) is 8.84. The molecular formula is C12H14O2S. The maximum absolute atomic E-state index is 11.9. The molecule has 0 aliphatic rings. The lowest BCUT2D eigenvalue weighted by atomic mass is 10.4. The number of hydrogen-bond donors (Lipinski definition) is 0. The molecule has 0 aliphatic heterocycles. The van der Waals surface area contributed by atoms with Crippen molar-refractivity contribution in [3.63, 3.8) is 0 Å². The van der Waals surface area contributed by atoms with Crippen LogP contribution in [0.25, 0.3) is 0 Å². The van der Waals surface area contributed by atoms with Crippen LogP contribution in [0.1, 0.15) is 13.8 Å². The van der Waals surface area contributed by atoms with Gasteiger partial charge in [-0.3, -0.25) is 0 Å². The number of rotatable bonds is 3. The number of hydrogen-bond acceptors (Lipinski definition) is 2. The molecule has 0 saturated heterocycles. The van der Waals surface area contributed by atoms with Gasteiger partial charge in [0.1, 0.15) is 0 Å². The zero-order chi connectivity index (χ0) is 11.3. The summed E-state index contributed by atoms with van der Waals surface area (Å²) in [5.41, 5.74) is 0. The van der Waals surface area contributed by atoms with Crippen LogP contribution in [0.2, 0.25) is 0 Å². The Morgan fingerprint density at radius 1 is 1.20 bits per heavy atom. The van der Waals surface area contributed by atoms with Crippen LogP contribution >= 0.6 is 0 Å². The molecule has 0 radical (unpaired) electrons. The topological polar surface area (TPSA) is 34.1 Å². The van der Waals surface area contributed by atoms with Crippen LogP contribution in [-0.2, 0) is 9.84 Å². The molecular weight excluding hydrogens is 208 g/mol. The highest BCUT2D eigenvalue weighted by atomic mass is 32.2. The fraction of sp³-hybridized carbons (Fsp3) is 0.167. The summed E-state index contributed by atoms with van der Waals surface area (Å²) in [7, 11) is -3.30. The predicted octanol–water partition coefficient (Wildman–Crippen LogP) is 2.94. The molecule has 80 valence electrons. The summed E-state index contributed by atoms with van der Waals surface area (Å²) in [6.07, 6.45) is 5.11. The highest BCUT2D eigenvalue weighted by Crippen LogP contribution is 2.17. The Labute approximate surface area is 90.9 Å². The Kier molecular flexibility index (Phi) is 3.86. The van der Waals surface area contributed by atoms with Crippen LogP contribution < -0.4 is 0 Å². The summed E-state index contributed by atoms with van der Waals surface area (Å²) >= 11 is 0. The zero-order valence-corrected chi connectivity index (χ0v) is 9.66. The molecule has 1 aromatic rings. The van der Waals surface area contributed by atoms with E-state index in [1.807, 2.05) is 6.92 Å². The van der Waals surface area contributed by atoms with E-state index in [2.05, 4.69) is 0 Å². The van der Waals surface area contributed by atoms with E-state index in [4.69, 9.17) is 0 Å². The second kappa shape index (κ2) is 4.94. The lowest BCUT2D eigenvalue weighted by Crippen LogP contribution is -2.01. The van der Waals surface area contributed by atoms with Gasteiger partial charge in [0.05, 0.1) is 4.90 Å². The summed E-state index contributed by atoms with van der Waals surface area (Å²) < 4.78 is 23.9. The van der Waals surface area contributed by atoms with Gasteiger partial charge >= 0.3 is 0 Å². The first kappa shape index (κ1) is 11.7. The molecule has 0 aromatic heterocycles. The van der Waals surface area contributed by atoms with Gasteiger partial charge in [-0.25, -0.2) is 8.42 Å². The van der Waals surface area contributed by atoms with Gasteiger partial charge in [-0.2, -0.15) is 0 Å². The first-order chi connectivity index (χ1) is 7.09. The van der Waals surface area contributed by atoms with Crippen LogP contribution in [-0.4, -0.2) is 8.42 Å². The molecule has 0 spiro atoms. The van der Waals surface area contributed by atoms with Crippen molar-refractivity contribution < 1.29 is 8.42 Å². The summed E-state index contributed by atoms with van der Waals surface area (Å²) in [6, 6.07) is 8.43. The minimum atomic E-state index is -3.30. The minimum absolute atomic E-state index is 0.336. The van der Waals surface area contributed by atoms with Crippen molar-refractivity contribution in [2.24, 2.45) is 0 Å². The molecule has 0 amide bonds. The lowest BCUT2D eigenvalue weighted by molar-refractivity contribution is 0.602. The third-order valence-corrected chi connectivity index (χ3v) is 3.88. The van der Waals surface area contributed by atoms with Gasteiger partial charge in [0.2, 0.25) is 9.84 Å². The fourth-order valence-electron chi connectivity index (χ4n) is 1.11. The van der Waals surface area contributed by atoms with Crippen molar-refractivity contribution in [1.82, 2.24) is 0 Å². The Balaban J connectivity index is 3.15. The van der Waals surface area contributed by atoms with Gasteiger partial charge < -0.3 is 0 Å². The Morgan fingerprint density at radius 3 is 2.33 bits per heavy atom. The largest absolute Gasteiger partial charge is 0.219 e. The second-order valence-corrected chi connectivity index (χ2v) is 5.24. The van der Waals surface area contributed by atoms with E-state index in [1.54, 1.807) is 55.5 Å². The highest BCUT2D eigenvalue weighted by Gasteiger charge is 2.15. The van der Waals surface area contributed by atoms with Crippen molar-refractivity contribution >= 4 is 9.84 Å². The van der Waals surface area contributed by atoms with Crippen molar-refractivity contribution in [1.29, 1.82) is 0 Å². The number of benzene rings is 1. The maximum atomic E-state index is 11.9.